The zero-order chi connectivity index (χ0) is 14.8. The minimum Gasteiger partial charge on any atom is -0.327 e. The molecule has 2 N–H and O–H groups in total. The van der Waals surface area contributed by atoms with Crippen LogP contribution in [-0.2, 0) is 12.8 Å². The molecule has 1 aromatic heterocycles. The van der Waals surface area contributed by atoms with Crippen LogP contribution in [0.4, 0.5) is 0 Å². The van der Waals surface area contributed by atoms with E-state index in [0.29, 0.717) is 17.4 Å². The Balaban J connectivity index is 2.02. The second kappa shape index (κ2) is 6.26. The normalized spacial score (nSPS) is 27.6. The summed E-state index contributed by atoms with van der Waals surface area (Å²) in [4.78, 5) is 4.61. The van der Waals surface area contributed by atoms with E-state index in [9.17, 15) is 0 Å². The minimum absolute atomic E-state index is 0.348. The first kappa shape index (κ1) is 15.5. The van der Waals surface area contributed by atoms with E-state index in [0.717, 1.165) is 18.8 Å². The van der Waals surface area contributed by atoms with Crippen molar-refractivity contribution in [1.29, 1.82) is 0 Å². The number of rotatable bonds is 3. The summed E-state index contributed by atoms with van der Waals surface area (Å²) in [6.45, 7) is 9.25. The smallest absolute Gasteiger partial charge is 0.0407 e. The predicted molar refractivity (Wildman–Crippen MR) is 85.6 cm³/mol. The fraction of sp³-hybridized carbons (Fsp3) is 0.722. The van der Waals surface area contributed by atoms with Crippen molar-refractivity contribution in [3.05, 3.63) is 29.6 Å². The number of nitrogens with zero attached hydrogens (tertiary/aromatic N) is 1. The molecule has 1 aliphatic carbocycles. The zero-order valence-electron chi connectivity index (χ0n) is 13.5. The number of hydrogen-bond acceptors (Lipinski definition) is 2. The van der Waals surface area contributed by atoms with Gasteiger partial charge in [0.15, 0.2) is 0 Å². The van der Waals surface area contributed by atoms with Gasteiger partial charge in [-0.25, -0.2) is 0 Å². The first-order chi connectivity index (χ1) is 9.40. The Morgan fingerprint density at radius 2 is 2.00 bits per heavy atom. The number of aromatic nitrogens is 1. The van der Waals surface area contributed by atoms with Gasteiger partial charge in [-0.3, -0.25) is 4.98 Å². The molecule has 1 aliphatic rings. The number of hydrogen-bond donors (Lipinski definition) is 1. The van der Waals surface area contributed by atoms with Gasteiger partial charge in [0.05, 0.1) is 0 Å². The second-order valence-electron chi connectivity index (χ2n) is 7.52. The average molecular weight is 274 g/mol. The van der Waals surface area contributed by atoms with Crippen LogP contribution in [0.15, 0.2) is 18.3 Å². The fourth-order valence-electron chi connectivity index (χ4n) is 3.36. The third kappa shape index (κ3) is 3.82. The maximum absolute atomic E-state index is 6.36. The molecule has 2 rings (SSSR count). The van der Waals surface area contributed by atoms with E-state index in [1.807, 2.05) is 6.20 Å². The summed E-state index contributed by atoms with van der Waals surface area (Å²) in [6.07, 6.45) is 7.82. The molecule has 3 atom stereocenters. The van der Waals surface area contributed by atoms with Crippen LogP contribution >= 0.6 is 0 Å². The molecule has 0 aliphatic heterocycles. The highest BCUT2D eigenvalue weighted by Crippen LogP contribution is 2.40. The van der Waals surface area contributed by atoms with E-state index in [1.165, 1.54) is 30.5 Å². The van der Waals surface area contributed by atoms with Crippen LogP contribution in [0.5, 0.6) is 0 Å². The highest BCUT2D eigenvalue weighted by molar-refractivity contribution is 5.14. The number of pyridine rings is 1. The quantitative estimate of drug-likeness (QED) is 0.905. The highest BCUT2D eigenvalue weighted by atomic mass is 14.7. The molecule has 0 bridgehead atoms. The summed E-state index contributed by atoms with van der Waals surface area (Å²) in [5.41, 5.74) is 9.28. The molecule has 0 radical (unpaired) electrons. The molecule has 1 aromatic rings. The minimum atomic E-state index is 0.348. The van der Waals surface area contributed by atoms with Gasteiger partial charge < -0.3 is 5.73 Å². The Morgan fingerprint density at radius 3 is 2.55 bits per heavy atom. The monoisotopic (exact) mass is 274 g/mol. The van der Waals surface area contributed by atoms with Gasteiger partial charge in [0.2, 0.25) is 0 Å². The van der Waals surface area contributed by atoms with Crippen molar-refractivity contribution < 1.29 is 0 Å². The molecule has 0 spiro atoms. The predicted octanol–water partition coefficient (Wildman–Crippen LogP) is 3.98. The summed E-state index contributed by atoms with van der Waals surface area (Å²) in [5.74, 6) is 1.38. The molecular weight excluding hydrogens is 244 g/mol. The van der Waals surface area contributed by atoms with Crippen LogP contribution < -0.4 is 5.73 Å². The van der Waals surface area contributed by atoms with E-state index in [2.05, 4.69) is 44.8 Å². The molecule has 112 valence electrons. The molecule has 2 heteroatoms. The molecule has 1 saturated carbocycles. The van der Waals surface area contributed by atoms with Gasteiger partial charge in [0, 0.05) is 17.9 Å². The lowest BCUT2D eigenvalue weighted by molar-refractivity contribution is 0.126. The number of aryl methyl sites for hydroxylation is 1. The molecule has 0 aromatic carbocycles. The molecule has 1 heterocycles. The Kier molecular flexibility index (Phi) is 4.85. The third-order valence-electron chi connectivity index (χ3n) is 5.03. The van der Waals surface area contributed by atoms with Gasteiger partial charge in [-0.05, 0) is 61.0 Å². The molecule has 1 fully saturated rings. The van der Waals surface area contributed by atoms with Gasteiger partial charge in [-0.2, -0.15) is 0 Å². The van der Waals surface area contributed by atoms with Gasteiger partial charge in [-0.15, -0.1) is 0 Å². The van der Waals surface area contributed by atoms with Crippen LogP contribution in [0.2, 0.25) is 0 Å². The van der Waals surface area contributed by atoms with Crippen LogP contribution in [0, 0.1) is 17.3 Å². The molecular formula is C18H30N2. The lowest BCUT2D eigenvalue weighted by Gasteiger charge is -2.40. The lowest BCUT2D eigenvalue weighted by atomic mass is 9.67. The molecule has 3 unspecified atom stereocenters. The summed E-state index contributed by atoms with van der Waals surface area (Å²) < 4.78 is 0. The zero-order valence-corrected chi connectivity index (χ0v) is 13.5. The highest BCUT2D eigenvalue weighted by Gasteiger charge is 2.34. The maximum atomic E-state index is 6.36. The van der Waals surface area contributed by atoms with Crippen molar-refractivity contribution in [2.45, 2.75) is 65.8 Å². The maximum Gasteiger partial charge on any atom is 0.0407 e. The van der Waals surface area contributed by atoms with E-state index < -0.39 is 0 Å². The lowest BCUT2D eigenvalue weighted by Crippen LogP contribution is -2.40. The topological polar surface area (TPSA) is 38.9 Å². The van der Waals surface area contributed by atoms with Gasteiger partial charge in [-0.1, -0.05) is 33.8 Å². The Labute approximate surface area is 124 Å². The number of nitrogens with two attached hydrogens (primary N) is 1. The van der Waals surface area contributed by atoms with E-state index in [-0.39, 0.29) is 0 Å². The van der Waals surface area contributed by atoms with Crippen molar-refractivity contribution in [3.8, 4) is 0 Å². The molecule has 0 amide bonds. The Bertz CT molecular complexity index is 416. The molecule has 2 nitrogen and oxygen atoms in total. The second-order valence-corrected chi connectivity index (χ2v) is 7.52. The standard InChI is InChI=1S/C18H30N2/c1-5-13-6-8-16(20-12-13)11-14-10-15(18(2,3)4)7-9-17(14)19/h6,8,12,14-15,17H,5,7,9-11,19H2,1-4H3. The van der Waals surface area contributed by atoms with Crippen molar-refractivity contribution >= 4 is 0 Å². The summed E-state index contributed by atoms with van der Waals surface area (Å²) >= 11 is 0. The van der Waals surface area contributed by atoms with Crippen molar-refractivity contribution in [2.75, 3.05) is 0 Å². The van der Waals surface area contributed by atoms with Crippen molar-refractivity contribution in [3.63, 3.8) is 0 Å². The van der Waals surface area contributed by atoms with E-state index in [4.69, 9.17) is 5.73 Å². The largest absolute Gasteiger partial charge is 0.327 e. The van der Waals surface area contributed by atoms with Crippen LogP contribution in [0.3, 0.4) is 0 Å². The van der Waals surface area contributed by atoms with Gasteiger partial charge >= 0.3 is 0 Å². The fourth-order valence-corrected chi connectivity index (χ4v) is 3.36. The van der Waals surface area contributed by atoms with Crippen molar-refractivity contribution in [2.24, 2.45) is 23.0 Å². The van der Waals surface area contributed by atoms with E-state index in [1.54, 1.807) is 0 Å². The summed E-state index contributed by atoms with van der Waals surface area (Å²) in [7, 11) is 0. The first-order valence-corrected chi connectivity index (χ1v) is 8.09. The summed E-state index contributed by atoms with van der Waals surface area (Å²) in [5, 5.41) is 0. The van der Waals surface area contributed by atoms with Crippen LogP contribution in [-0.4, -0.2) is 11.0 Å². The van der Waals surface area contributed by atoms with Gasteiger partial charge in [0.1, 0.15) is 0 Å². The average Bonchev–Trinajstić information content (AvgIpc) is 2.41. The van der Waals surface area contributed by atoms with Gasteiger partial charge in [0.25, 0.3) is 0 Å². The first-order valence-electron chi connectivity index (χ1n) is 8.09. The molecule has 20 heavy (non-hydrogen) atoms. The van der Waals surface area contributed by atoms with Crippen LogP contribution in [0.1, 0.15) is 58.2 Å². The molecule has 0 saturated heterocycles. The van der Waals surface area contributed by atoms with E-state index >= 15 is 0 Å². The SMILES string of the molecule is CCc1ccc(CC2CC(C(C)(C)C)CCC2N)nc1. The third-order valence-corrected chi connectivity index (χ3v) is 5.03. The summed E-state index contributed by atoms with van der Waals surface area (Å²) in [6, 6.07) is 4.74. The van der Waals surface area contributed by atoms with Crippen LogP contribution in [0.25, 0.3) is 0 Å². The Morgan fingerprint density at radius 1 is 1.25 bits per heavy atom. The Hall–Kier alpha value is -0.890. The van der Waals surface area contributed by atoms with Crippen molar-refractivity contribution in [1.82, 2.24) is 4.98 Å².